The average Bonchev–Trinajstić information content (AvgIpc) is 3.32. The summed E-state index contributed by atoms with van der Waals surface area (Å²) in [5.74, 6) is 0.327. The number of fused-ring (bicyclic) bond motifs is 2. The maximum Gasteiger partial charge on any atom is 0.187 e. The van der Waals surface area contributed by atoms with E-state index < -0.39 is 28.9 Å². The molecule has 1 fully saturated rings. The van der Waals surface area contributed by atoms with Crippen LogP contribution in [0.15, 0.2) is 48.7 Å². The molecule has 0 unspecified atom stereocenters. The van der Waals surface area contributed by atoms with Crippen LogP contribution in [0, 0.1) is 22.6 Å². The second kappa shape index (κ2) is 7.99. The smallest absolute Gasteiger partial charge is 0.187 e. The molecule has 0 bridgehead atoms. The van der Waals surface area contributed by atoms with Crippen molar-refractivity contribution in [2.75, 3.05) is 6.61 Å². The number of hydrogen-bond donors (Lipinski definition) is 2. The molecule has 3 aromatic heterocycles. The van der Waals surface area contributed by atoms with Gasteiger partial charge in [-0.25, -0.2) is 9.37 Å². The van der Waals surface area contributed by atoms with E-state index in [0.717, 1.165) is 0 Å². The quantitative estimate of drug-likeness (QED) is 0.459. The predicted molar refractivity (Wildman–Crippen MR) is 127 cm³/mol. The maximum absolute atomic E-state index is 14.4. The van der Waals surface area contributed by atoms with Crippen LogP contribution >= 0.6 is 0 Å². The van der Waals surface area contributed by atoms with Gasteiger partial charge in [-0.2, -0.15) is 0 Å². The minimum Gasteiger partial charge on any atom is -0.491 e. The first-order valence-corrected chi connectivity index (χ1v) is 11.5. The number of benzene rings is 1. The molecule has 1 saturated carbocycles. The maximum atomic E-state index is 14.4. The van der Waals surface area contributed by atoms with Gasteiger partial charge in [0.05, 0.1) is 18.8 Å². The Morgan fingerprint density at radius 2 is 1.94 bits per heavy atom. The third kappa shape index (κ3) is 3.71. The summed E-state index contributed by atoms with van der Waals surface area (Å²) >= 11 is 0. The fraction of sp³-hybridized carbons (Fsp3) is 0.423. The van der Waals surface area contributed by atoms with Gasteiger partial charge >= 0.3 is 0 Å². The predicted octanol–water partition coefficient (Wildman–Crippen LogP) is 4.26. The Labute approximate surface area is 197 Å². The first-order valence-electron chi connectivity index (χ1n) is 11.5. The van der Waals surface area contributed by atoms with Crippen LogP contribution in [-0.2, 0) is 0 Å². The van der Waals surface area contributed by atoms with Crippen molar-refractivity contribution in [3.63, 3.8) is 0 Å². The van der Waals surface area contributed by atoms with E-state index in [0.29, 0.717) is 40.2 Å². The van der Waals surface area contributed by atoms with Gasteiger partial charge in [0.25, 0.3) is 0 Å². The zero-order valence-corrected chi connectivity index (χ0v) is 19.7. The normalized spacial score (nSPS) is 22.5. The number of aliphatic hydroxyl groups excluding tert-OH is 2. The monoisotopic (exact) mass is 464 g/mol. The zero-order valence-electron chi connectivity index (χ0n) is 19.7. The number of ether oxygens (including phenoxy) is 1. The average molecular weight is 465 g/mol. The molecule has 3 heterocycles. The van der Waals surface area contributed by atoms with Gasteiger partial charge in [0.1, 0.15) is 22.8 Å². The van der Waals surface area contributed by atoms with E-state index in [2.05, 4.69) is 10.2 Å². The molecule has 1 aliphatic carbocycles. The highest BCUT2D eigenvalue weighted by atomic mass is 19.1. The third-order valence-corrected chi connectivity index (χ3v) is 7.35. The molecule has 4 aromatic rings. The first kappa shape index (κ1) is 22.7. The van der Waals surface area contributed by atoms with Crippen LogP contribution in [0.5, 0.6) is 5.75 Å². The summed E-state index contributed by atoms with van der Waals surface area (Å²) in [6, 6.07) is 12.0. The molecule has 2 N–H and O–H groups in total. The van der Waals surface area contributed by atoms with Crippen LogP contribution in [0.3, 0.4) is 0 Å². The second-order valence-corrected chi connectivity index (χ2v) is 10.5. The van der Waals surface area contributed by atoms with E-state index in [-0.39, 0.29) is 12.5 Å². The molecular weight excluding hydrogens is 435 g/mol. The molecule has 0 saturated heterocycles. The number of halogens is 1. The summed E-state index contributed by atoms with van der Waals surface area (Å²) in [4.78, 5) is 4.75. The summed E-state index contributed by atoms with van der Waals surface area (Å²) in [6.07, 6.45) is 1.08. The molecule has 5 rings (SSSR count). The largest absolute Gasteiger partial charge is 0.491 e. The number of rotatable bonds is 5. The van der Waals surface area contributed by atoms with Gasteiger partial charge in [-0.15, -0.1) is 10.2 Å². The van der Waals surface area contributed by atoms with Gasteiger partial charge in [0.15, 0.2) is 11.5 Å². The molecule has 0 spiro atoms. The summed E-state index contributed by atoms with van der Waals surface area (Å²) in [5.41, 5.74) is 0.767. The van der Waals surface area contributed by atoms with E-state index >= 15 is 0 Å². The number of aromatic nitrogens is 4. The van der Waals surface area contributed by atoms with Crippen molar-refractivity contribution in [2.45, 2.75) is 46.3 Å². The molecular formula is C26H29FN4O3. The lowest BCUT2D eigenvalue weighted by Crippen LogP contribution is -2.40. The van der Waals surface area contributed by atoms with Gasteiger partial charge in [-0.3, -0.25) is 4.40 Å². The molecule has 7 nitrogen and oxygen atoms in total. The Morgan fingerprint density at radius 3 is 2.68 bits per heavy atom. The molecule has 0 amide bonds. The number of nitrogens with zero attached hydrogens (tertiary/aromatic N) is 4. The van der Waals surface area contributed by atoms with Crippen LogP contribution in [0.4, 0.5) is 4.39 Å². The second-order valence-electron chi connectivity index (χ2n) is 10.5. The Hall–Kier alpha value is -3.10. The first-order chi connectivity index (χ1) is 16.1. The van der Waals surface area contributed by atoms with Crippen molar-refractivity contribution >= 4 is 16.6 Å². The van der Waals surface area contributed by atoms with Crippen LogP contribution in [0.2, 0.25) is 0 Å². The van der Waals surface area contributed by atoms with E-state index in [9.17, 15) is 14.6 Å². The van der Waals surface area contributed by atoms with E-state index in [4.69, 9.17) is 9.72 Å². The van der Waals surface area contributed by atoms with E-state index in [1.807, 2.05) is 56.5 Å². The van der Waals surface area contributed by atoms with Crippen molar-refractivity contribution in [3.05, 3.63) is 54.5 Å². The molecule has 0 radical (unpaired) electrons. The van der Waals surface area contributed by atoms with Crippen molar-refractivity contribution < 1.29 is 19.3 Å². The Bertz CT molecular complexity index is 1370. The van der Waals surface area contributed by atoms with Crippen molar-refractivity contribution in [3.8, 4) is 17.3 Å². The van der Waals surface area contributed by atoms with Gasteiger partial charge in [-0.05, 0) is 36.6 Å². The summed E-state index contributed by atoms with van der Waals surface area (Å²) in [6.45, 7) is 7.98. The highest BCUT2D eigenvalue weighted by Gasteiger charge is 2.52. The molecule has 0 aliphatic heterocycles. The van der Waals surface area contributed by atoms with Crippen LogP contribution in [0.25, 0.3) is 28.1 Å². The molecule has 3 atom stereocenters. The number of pyridine rings is 2. The lowest BCUT2D eigenvalue weighted by atomic mass is 9.74. The van der Waals surface area contributed by atoms with Gasteiger partial charge < -0.3 is 14.9 Å². The minimum absolute atomic E-state index is 0.164. The van der Waals surface area contributed by atoms with Gasteiger partial charge in [0.2, 0.25) is 0 Å². The molecule has 8 heteroatoms. The topological polar surface area (TPSA) is 92.8 Å². The van der Waals surface area contributed by atoms with Crippen molar-refractivity contribution in [2.24, 2.45) is 16.7 Å². The molecule has 34 heavy (non-hydrogen) atoms. The Kier molecular flexibility index (Phi) is 5.33. The lowest BCUT2D eigenvalue weighted by molar-refractivity contribution is -0.0322. The SMILES string of the molecule is CC(C)(COc1cc(F)cc2ccc(-c3nnc4ccccn34)nc12)[C@H]1C[C@@H](O)C(C)(C)[C@@H]1O. The third-order valence-electron chi connectivity index (χ3n) is 7.35. The Balaban J connectivity index is 1.48. The fourth-order valence-electron chi connectivity index (χ4n) is 4.92. The minimum atomic E-state index is -0.670. The fourth-order valence-corrected chi connectivity index (χ4v) is 4.92. The van der Waals surface area contributed by atoms with Crippen LogP contribution in [0.1, 0.15) is 34.1 Å². The highest BCUT2D eigenvalue weighted by molar-refractivity contribution is 5.86. The standard InChI is InChI=1S/C26H29FN4O3/c1-25(2,17-13-20(32)26(3,4)23(17)33)14-34-19-12-16(27)11-15-8-9-18(28-22(15)19)24-30-29-21-7-5-6-10-31(21)24/h5-12,17,20,23,32-33H,13-14H2,1-4H3/t17-,20+,23+/m0/s1. The highest BCUT2D eigenvalue weighted by Crippen LogP contribution is 2.49. The molecule has 1 aromatic carbocycles. The van der Waals surface area contributed by atoms with E-state index in [1.54, 1.807) is 12.1 Å². The molecule has 1 aliphatic rings. The lowest BCUT2D eigenvalue weighted by Gasteiger charge is -2.36. The van der Waals surface area contributed by atoms with Crippen molar-refractivity contribution in [1.82, 2.24) is 19.6 Å². The molecule has 178 valence electrons. The van der Waals surface area contributed by atoms with E-state index in [1.165, 1.54) is 12.1 Å². The summed E-state index contributed by atoms with van der Waals surface area (Å²) in [7, 11) is 0. The Morgan fingerprint density at radius 1 is 1.15 bits per heavy atom. The van der Waals surface area contributed by atoms with Crippen LogP contribution in [-0.4, -0.2) is 48.6 Å². The number of aliphatic hydroxyl groups is 2. The zero-order chi connectivity index (χ0) is 24.3. The number of hydrogen-bond acceptors (Lipinski definition) is 6. The van der Waals surface area contributed by atoms with Crippen molar-refractivity contribution in [1.29, 1.82) is 0 Å². The summed E-state index contributed by atoms with van der Waals surface area (Å²) < 4.78 is 22.4. The van der Waals surface area contributed by atoms with Gasteiger partial charge in [-0.1, -0.05) is 39.8 Å². The summed E-state index contributed by atoms with van der Waals surface area (Å²) in [5, 5.41) is 30.4. The van der Waals surface area contributed by atoms with Crippen LogP contribution < -0.4 is 4.74 Å². The van der Waals surface area contributed by atoms with Gasteiger partial charge in [0, 0.05) is 28.5 Å².